The van der Waals surface area contributed by atoms with Crippen molar-refractivity contribution in [3.05, 3.63) is 64.2 Å². The van der Waals surface area contributed by atoms with Crippen LogP contribution in [0.25, 0.3) is 0 Å². The van der Waals surface area contributed by atoms with Gasteiger partial charge in [0.25, 0.3) is 5.69 Å². The second-order valence-corrected chi connectivity index (χ2v) is 8.68. The van der Waals surface area contributed by atoms with Crippen LogP contribution >= 0.6 is 0 Å². The van der Waals surface area contributed by atoms with Crippen LogP contribution in [0.3, 0.4) is 0 Å². The van der Waals surface area contributed by atoms with Gasteiger partial charge in [-0.05, 0) is 30.2 Å². The van der Waals surface area contributed by atoms with E-state index in [1.165, 1.54) is 18.2 Å². The van der Waals surface area contributed by atoms with Crippen LogP contribution < -0.4 is 15.0 Å². The molecule has 2 saturated heterocycles. The van der Waals surface area contributed by atoms with Crippen LogP contribution in [0.4, 0.5) is 11.4 Å². The van der Waals surface area contributed by atoms with Gasteiger partial charge in [-0.2, -0.15) is 0 Å². The minimum absolute atomic E-state index is 0.0923. The molecule has 2 heterocycles. The van der Waals surface area contributed by atoms with Gasteiger partial charge in [0, 0.05) is 18.2 Å². The number of fused-ring (bicyclic) bond motifs is 1. The predicted octanol–water partition coefficient (Wildman–Crippen LogP) is 2.13. The molecule has 0 saturated carbocycles. The van der Waals surface area contributed by atoms with E-state index >= 15 is 0 Å². The van der Waals surface area contributed by atoms with Crippen molar-refractivity contribution in [2.75, 3.05) is 11.5 Å². The first-order chi connectivity index (χ1) is 17.1. The van der Waals surface area contributed by atoms with E-state index in [9.17, 15) is 39.5 Å². The lowest BCUT2D eigenvalue weighted by molar-refractivity contribution is -0.384. The minimum atomic E-state index is -2.28. The molecule has 2 aromatic rings. The van der Waals surface area contributed by atoms with Gasteiger partial charge in [-0.3, -0.25) is 34.6 Å². The molecular weight excluding hydrogens is 474 g/mol. The van der Waals surface area contributed by atoms with Gasteiger partial charge in [0.1, 0.15) is 11.3 Å². The van der Waals surface area contributed by atoms with Crippen LogP contribution in [-0.4, -0.2) is 51.0 Å². The Balaban J connectivity index is 1.81. The zero-order chi connectivity index (χ0) is 26.2. The highest BCUT2D eigenvalue weighted by molar-refractivity contribution is 6.24. The maximum absolute atomic E-state index is 13.6. The van der Waals surface area contributed by atoms with Gasteiger partial charge in [0.05, 0.1) is 35.5 Å². The van der Waals surface area contributed by atoms with Gasteiger partial charge in [0.15, 0.2) is 0 Å². The Morgan fingerprint density at radius 1 is 1.14 bits per heavy atom. The number of anilines is 1. The third-order valence-electron chi connectivity index (χ3n) is 6.48. The topological polar surface area (TPSA) is 176 Å². The molecule has 2 aliphatic heterocycles. The standard InChI is InChI=1S/C24H23N3O9/c1-2-10-36-16-8-6-13(7-9-16)20-18-19(24(25-20,23(32)33)12-17(28)29)22(31)26(21(18)30)14-4-3-5-15(11-14)27(34)35/h3-9,11,18-20,25H,2,10,12H2,1H3,(H,28,29)(H,32,33). The summed E-state index contributed by atoms with van der Waals surface area (Å²) in [5.41, 5.74) is -2.27. The average Bonchev–Trinajstić information content (AvgIpc) is 3.31. The van der Waals surface area contributed by atoms with Gasteiger partial charge in [-0.1, -0.05) is 25.1 Å². The molecule has 188 valence electrons. The Kier molecular flexibility index (Phi) is 6.46. The molecule has 2 fully saturated rings. The Bertz CT molecular complexity index is 1250. The molecule has 0 aliphatic carbocycles. The van der Waals surface area contributed by atoms with Crippen molar-refractivity contribution in [2.24, 2.45) is 11.8 Å². The molecule has 2 amide bonds. The number of nitro groups is 1. The molecule has 2 aromatic carbocycles. The highest BCUT2D eigenvalue weighted by Gasteiger charge is 2.69. The number of rotatable bonds is 9. The Hall–Kier alpha value is -4.32. The normalized spacial score (nSPS) is 25.0. The van der Waals surface area contributed by atoms with Gasteiger partial charge in [0.2, 0.25) is 11.8 Å². The summed E-state index contributed by atoms with van der Waals surface area (Å²) >= 11 is 0. The first-order valence-corrected chi connectivity index (χ1v) is 11.2. The number of nitro benzene ring substituents is 1. The lowest BCUT2D eigenvalue weighted by Crippen LogP contribution is -2.57. The summed E-state index contributed by atoms with van der Waals surface area (Å²) in [6.07, 6.45) is -0.171. The van der Waals surface area contributed by atoms with Crippen LogP contribution in [0.15, 0.2) is 48.5 Å². The Labute approximate surface area is 204 Å². The monoisotopic (exact) mass is 497 g/mol. The second kappa shape index (κ2) is 9.38. The number of carboxylic acid groups (broad SMARTS) is 2. The number of carbonyl (C=O) groups is 4. The first kappa shape index (κ1) is 24.8. The highest BCUT2D eigenvalue weighted by Crippen LogP contribution is 2.51. The molecule has 36 heavy (non-hydrogen) atoms. The van der Waals surface area contributed by atoms with Gasteiger partial charge in [-0.25, -0.2) is 4.90 Å². The summed E-state index contributed by atoms with van der Waals surface area (Å²) in [5.74, 6) is -7.03. The molecule has 3 N–H and O–H groups in total. The maximum Gasteiger partial charge on any atom is 0.325 e. The molecule has 0 aromatic heterocycles. The number of carbonyl (C=O) groups excluding carboxylic acids is 2. The number of carboxylic acids is 2. The molecule has 4 unspecified atom stereocenters. The first-order valence-electron chi connectivity index (χ1n) is 11.2. The predicted molar refractivity (Wildman–Crippen MR) is 123 cm³/mol. The largest absolute Gasteiger partial charge is 0.494 e. The lowest BCUT2D eigenvalue weighted by Gasteiger charge is -2.29. The SMILES string of the molecule is CCCOc1ccc(C2NC(CC(=O)O)(C(=O)O)C3C(=O)N(c4cccc([N+](=O)[O-])c4)C(=O)C23)cc1. The zero-order valence-electron chi connectivity index (χ0n) is 19.1. The summed E-state index contributed by atoms with van der Waals surface area (Å²) in [4.78, 5) is 62.6. The van der Waals surface area contributed by atoms with Crippen molar-refractivity contribution in [1.29, 1.82) is 0 Å². The smallest absolute Gasteiger partial charge is 0.325 e. The third-order valence-corrected chi connectivity index (χ3v) is 6.48. The zero-order valence-corrected chi connectivity index (χ0v) is 19.1. The van der Waals surface area contributed by atoms with Crippen molar-refractivity contribution in [1.82, 2.24) is 5.32 Å². The quantitative estimate of drug-likeness (QED) is 0.264. The summed E-state index contributed by atoms with van der Waals surface area (Å²) in [6.45, 7) is 2.43. The molecule has 4 atom stereocenters. The fourth-order valence-electron chi connectivity index (χ4n) is 4.95. The van der Waals surface area contributed by atoms with Crippen molar-refractivity contribution in [3.8, 4) is 5.75 Å². The van der Waals surface area contributed by atoms with Crippen LogP contribution in [0, 0.1) is 22.0 Å². The number of nitrogens with one attached hydrogen (secondary N) is 1. The van der Waals surface area contributed by atoms with E-state index in [0.29, 0.717) is 22.8 Å². The van der Waals surface area contributed by atoms with E-state index in [-0.39, 0.29) is 11.4 Å². The number of hydrogen-bond acceptors (Lipinski definition) is 8. The fraction of sp³-hybridized carbons (Fsp3) is 0.333. The van der Waals surface area contributed by atoms with Gasteiger partial charge >= 0.3 is 11.9 Å². The van der Waals surface area contributed by atoms with Crippen molar-refractivity contribution in [2.45, 2.75) is 31.3 Å². The van der Waals surface area contributed by atoms with Gasteiger partial charge in [-0.15, -0.1) is 0 Å². The third kappa shape index (κ3) is 4.05. The van der Waals surface area contributed by atoms with Crippen molar-refractivity contribution >= 4 is 35.1 Å². The molecular formula is C24H23N3O9. The Morgan fingerprint density at radius 2 is 1.83 bits per heavy atom. The average molecular weight is 497 g/mol. The van der Waals surface area contributed by atoms with Crippen molar-refractivity contribution in [3.63, 3.8) is 0 Å². The number of nitrogens with zero attached hydrogens (tertiary/aromatic N) is 2. The number of ether oxygens (including phenoxy) is 1. The number of amides is 2. The van der Waals surface area contributed by atoms with Crippen LogP contribution in [-0.2, 0) is 19.2 Å². The lowest BCUT2D eigenvalue weighted by atomic mass is 9.77. The van der Waals surface area contributed by atoms with Crippen LogP contribution in [0.1, 0.15) is 31.4 Å². The fourth-order valence-corrected chi connectivity index (χ4v) is 4.95. The molecule has 0 radical (unpaired) electrons. The maximum atomic E-state index is 13.6. The van der Waals surface area contributed by atoms with E-state index in [1.54, 1.807) is 24.3 Å². The van der Waals surface area contributed by atoms with E-state index < -0.39 is 58.5 Å². The number of hydrogen-bond donors (Lipinski definition) is 3. The summed E-state index contributed by atoms with van der Waals surface area (Å²) in [5, 5.41) is 33.6. The van der Waals surface area contributed by atoms with E-state index in [1.807, 2.05) is 6.92 Å². The molecule has 0 bridgehead atoms. The molecule has 4 rings (SSSR count). The van der Waals surface area contributed by atoms with Gasteiger partial charge < -0.3 is 14.9 Å². The number of benzene rings is 2. The number of non-ortho nitro benzene ring substituents is 1. The summed E-state index contributed by atoms with van der Waals surface area (Å²) in [6, 6.07) is 10.4. The van der Waals surface area contributed by atoms with Crippen LogP contribution in [0.2, 0.25) is 0 Å². The molecule has 0 spiro atoms. The molecule has 2 aliphatic rings. The summed E-state index contributed by atoms with van der Waals surface area (Å²) in [7, 11) is 0. The van der Waals surface area contributed by atoms with E-state index in [4.69, 9.17) is 4.74 Å². The van der Waals surface area contributed by atoms with E-state index in [2.05, 4.69) is 5.32 Å². The van der Waals surface area contributed by atoms with Crippen molar-refractivity contribution < 1.29 is 39.1 Å². The summed E-state index contributed by atoms with van der Waals surface area (Å²) < 4.78 is 5.56. The Morgan fingerprint density at radius 3 is 2.42 bits per heavy atom. The second-order valence-electron chi connectivity index (χ2n) is 8.68. The minimum Gasteiger partial charge on any atom is -0.494 e. The highest BCUT2D eigenvalue weighted by atomic mass is 16.6. The number of imide groups is 1. The number of aliphatic carboxylic acids is 2. The molecule has 12 nitrogen and oxygen atoms in total. The van der Waals surface area contributed by atoms with E-state index in [0.717, 1.165) is 12.5 Å². The molecule has 12 heteroatoms. The van der Waals surface area contributed by atoms with Crippen LogP contribution in [0.5, 0.6) is 5.75 Å².